The molecule has 1 amide bonds. The van der Waals surface area contributed by atoms with Crippen molar-refractivity contribution in [1.82, 2.24) is 9.96 Å². The van der Waals surface area contributed by atoms with Crippen molar-refractivity contribution in [2.24, 2.45) is 5.92 Å². The molecule has 0 aromatic heterocycles. The van der Waals surface area contributed by atoms with Gasteiger partial charge in [-0.3, -0.25) is 14.5 Å². The number of carbonyl (C=O) groups is 1. The first kappa shape index (κ1) is 9.68. The van der Waals surface area contributed by atoms with E-state index < -0.39 is 0 Å². The number of rotatable bonds is 2. The van der Waals surface area contributed by atoms with Crippen molar-refractivity contribution in [3.05, 3.63) is 11.6 Å². The van der Waals surface area contributed by atoms with Crippen LogP contribution in [0.1, 0.15) is 6.42 Å². The first-order valence-electron chi connectivity index (χ1n) is 4.95. The summed E-state index contributed by atoms with van der Waals surface area (Å²) >= 11 is 0. The van der Waals surface area contributed by atoms with Crippen molar-refractivity contribution in [2.75, 3.05) is 33.8 Å². The molecule has 2 atom stereocenters. The van der Waals surface area contributed by atoms with E-state index in [0.29, 0.717) is 5.92 Å². The van der Waals surface area contributed by atoms with Gasteiger partial charge >= 0.3 is 0 Å². The maximum Gasteiger partial charge on any atom is 0.269 e. The van der Waals surface area contributed by atoms with Gasteiger partial charge in [0.15, 0.2) is 0 Å². The molecule has 0 aromatic carbocycles. The fourth-order valence-corrected chi connectivity index (χ4v) is 2.17. The van der Waals surface area contributed by atoms with Gasteiger partial charge in [-0.05, 0) is 24.5 Å². The highest BCUT2D eigenvalue weighted by Crippen LogP contribution is 2.32. The zero-order chi connectivity index (χ0) is 10.1. The Bertz CT molecular complexity index is 275. The highest BCUT2D eigenvalue weighted by Gasteiger charge is 2.33. The van der Waals surface area contributed by atoms with Crippen LogP contribution in [0.3, 0.4) is 0 Å². The molecule has 2 bridgehead atoms. The molecule has 0 saturated carbocycles. The minimum atomic E-state index is -0.0590. The molecule has 4 nitrogen and oxygen atoms in total. The van der Waals surface area contributed by atoms with Crippen molar-refractivity contribution < 1.29 is 9.63 Å². The van der Waals surface area contributed by atoms with Gasteiger partial charge in [0, 0.05) is 26.2 Å². The molecule has 4 heteroatoms. The summed E-state index contributed by atoms with van der Waals surface area (Å²) in [4.78, 5) is 18.7. The minimum absolute atomic E-state index is 0.0590. The van der Waals surface area contributed by atoms with Crippen LogP contribution in [0.25, 0.3) is 0 Å². The lowest BCUT2D eigenvalue weighted by atomic mass is 9.99. The summed E-state index contributed by atoms with van der Waals surface area (Å²) < 4.78 is 0. The lowest BCUT2D eigenvalue weighted by Gasteiger charge is -2.16. The van der Waals surface area contributed by atoms with E-state index in [4.69, 9.17) is 4.84 Å². The Hall–Kier alpha value is -0.870. The van der Waals surface area contributed by atoms with E-state index in [1.807, 2.05) is 0 Å². The molecule has 2 unspecified atom stereocenters. The molecule has 0 aliphatic carbocycles. The summed E-state index contributed by atoms with van der Waals surface area (Å²) in [6.07, 6.45) is 2.93. The predicted octanol–water partition coefficient (Wildman–Crippen LogP) is 0.268. The smallest absolute Gasteiger partial charge is 0.269 e. The number of likely N-dealkylation sites (N-methyl/N-ethyl adjacent to an activating group) is 1. The first-order chi connectivity index (χ1) is 6.70. The molecule has 2 aliphatic rings. The summed E-state index contributed by atoms with van der Waals surface area (Å²) in [6, 6.07) is 0. The molecule has 0 radical (unpaired) electrons. The summed E-state index contributed by atoms with van der Waals surface area (Å²) in [6.45, 7) is 3.29. The van der Waals surface area contributed by atoms with Crippen LogP contribution in [0, 0.1) is 5.92 Å². The third-order valence-corrected chi connectivity index (χ3v) is 3.10. The van der Waals surface area contributed by atoms with Crippen molar-refractivity contribution >= 4 is 5.91 Å². The van der Waals surface area contributed by atoms with Gasteiger partial charge in [-0.15, -0.1) is 0 Å². The Morgan fingerprint density at radius 1 is 1.71 bits per heavy atom. The van der Waals surface area contributed by atoms with Crippen LogP contribution in [-0.2, 0) is 9.63 Å². The Balaban J connectivity index is 2.01. The maximum atomic E-state index is 11.5. The molecule has 78 valence electrons. The van der Waals surface area contributed by atoms with Crippen molar-refractivity contribution in [2.45, 2.75) is 6.42 Å². The summed E-state index contributed by atoms with van der Waals surface area (Å²) in [5.74, 6) is 0.556. The van der Waals surface area contributed by atoms with Gasteiger partial charge in [0.1, 0.15) is 0 Å². The number of hydrogen-bond donors (Lipinski definition) is 0. The van der Waals surface area contributed by atoms with Crippen LogP contribution >= 0.6 is 0 Å². The van der Waals surface area contributed by atoms with Gasteiger partial charge < -0.3 is 0 Å². The van der Waals surface area contributed by atoms with Gasteiger partial charge in [-0.25, -0.2) is 5.06 Å². The first-order valence-corrected chi connectivity index (χ1v) is 4.95. The lowest BCUT2D eigenvalue weighted by molar-refractivity contribution is -0.162. The number of amides is 1. The van der Waals surface area contributed by atoms with Crippen molar-refractivity contribution in [3.8, 4) is 0 Å². The SMILES string of the molecule is CON(C)C(=O)C=C1CN2CCC1C2. The third kappa shape index (κ3) is 1.67. The Kier molecular flexibility index (Phi) is 2.56. The van der Waals surface area contributed by atoms with Crippen molar-refractivity contribution in [1.29, 1.82) is 0 Å². The Morgan fingerprint density at radius 3 is 3.00 bits per heavy atom. The second-order valence-electron chi connectivity index (χ2n) is 3.96. The number of carbonyl (C=O) groups excluding carboxylic acids is 1. The second kappa shape index (κ2) is 3.71. The molecular weight excluding hydrogens is 180 g/mol. The average molecular weight is 196 g/mol. The molecule has 2 rings (SSSR count). The van der Waals surface area contributed by atoms with E-state index in [2.05, 4.69) is 4.90 Å². The van der Waals surface area contributed by atoms with E-state index in [1.54, 1.807) is 13.1 Å². The largest absolute Gasteiger partial charge is 0.299 e. The highest BCUT2D eigenvalue weighted by atomic mass is 16.7. The standard InChI is InChI=1S/C10H16N2O2/c1-11(14-2)10(13)5-9-7-12-4-3-8(9)6-12/h5,8H,3-4,6-7H2,1-2H3. The van der Waals surface area contributed by atoms with E-state index >= 15 is 0 Å². The third-order valence-electron chi connectivity index (χ3n) is 3.10. The van der Waals surface area contributed by atoms with Crippen molar-refractivity contribution in [3.63, 3.8) is 0 Å². The minimum Gasteiger partial charge on any atom is -0.299 e. The summed E-state index contributed by atoms with van der Waals surface area (Å²) in [5, 5.41) is 1.26. The topological polar surface area (TPSA) is 32.8 Å². The van der Waals surface area contributed by atoms with Crippen LogP contribution in [0.4, 0.5) is 0 Å². The van der Waals surface area contributed by atoms with Crippen LogP contribution in [0.15, 0.2) is 11.6 Å². The molecule has 2 saturated heterocycles. The van der Waals surface area contributed by atoms with E-state index in [0.717, 1.165) is 13.1 Å². The van der Waals surface area contributed by atoms with Crippen LogP contribution in [0.5, 0.6) is 0 Å². The van der Waals surface area contributed by atoms with Gasteiger partial charge in [0.05, 0.1) is 7.11 Å². The van der Waals surface area contributed by atoms with Gasteiger partial charge in [-0.1, -0.05) is 0 Å². The fraction of sp³-hybridized carbons (Fsp3) is 0.700. The number of hydroxylamine groups is 2. The summed E-state index contributed by atoms with van der Waals surface area (Å²) in [5.41, 5.74) is 1.27. The number of piperidine rings is 1. The molecule has 14 heavy (non-hydrogen) atoms. The number of fused-ring (bicyclic) bond motifs is 2. The zero-order valence-corrected chi connectivity index (χ0v) is 8.69. The highest BCUT2D eigenvalue weighted by molar-refractivity contribution is 5.87. The lowest BCUT2D eigenvalue weighted by Crippen LogP contribution is -2.25. The fourth-order valence-electron chi connectivity index (χ4n) is 2.17. The zero-order valence-electron chi connectivity index (χ0n) is 8.69. The molecule has 2 fully saturated rings. The second-order valence-corrected chi connectivity index (χ2v) is 3.96. The molecule has 2 aliphatic heterocycles. The van der Waals surface area contributed by atoms with Gasteiger partial charge in [0.2, 0.25) is 0 Å². The molecule has 0 N–H and O–H groups in total. The van der Waals surface area contributed by atoms with E-state index in [-0.39, 0.29) is 5.91 Å². The van der Waals surface area contributed by atoms with Crippen LogP contribution in [0.2, 0.25) is 0 Å². The van der Waals surface area contributed by atoms with Gasteiger partial charge in [0.25, 0.3) is 5.91 Å². The molecule has 0 aromatic rings. The molecular formula is C10H16N2O2. The van der Waals surface area contributed by atoms with Crippen LogP contribution < -0.4 is 0 Å². The normalized spacial score (nSPS) is 32.6. The predicted molar refractivity (Wildman–Crippen MR) is 52.4 cm³/mol. The van der Waals surface area contributed by atoms with E-state index in [1.165, 1.54) is 30.7 Å². The van der Waals surface area contributed by atoms with E-state index in [9.17, 15) is 4.79 Å². The van der Waals surface area contributed by atoms with Gasteiger partial charge in [-0.2, -0.15) is 0 Å². The average Bonchev–Trinajstić information content (AvgIpc) is 2.77. The molecule has 0 spiro atoms. The Labute approximate surface area is 84.1 Å². The number of nitrogens with zero attached hydrogens (tertiary/aromatic N) is 2. The Morgan fingerprint density at radius 2 is 2.50 bits per heavy atom. The number of hydrogen-bond acceptors (Lipinski definition) is 3. The molecule has 2 heterocycles. The quantitative estimate of drug-likeness (QED) is 0.469. The summed E-state index contributed by atoms with van der Waals surface area (Å²) in [7, 11) is 3.13. The van der Waals surface area contributed by atoms with Crippen LogP contribution in [-0.4, -0.2) is 49.7 Å². The monoisotopic (exact) mass is 196 g/mol. The maximum absolute atomic E-state index is 11.5.